The van der Waals surface area contributed by atoms with E-state index in [0.29, 0.717) is 44.8 Å². The van der Waals surface area contributed by atoms with Crippen LogP contribution in [-0.2, 0) is 27.3 Å². The number of carbonyl (C=O) groups is 2. The van der Waals surface area contributed by atoms with Gasteiger partial charge in [0.1, 0.15) is 11.9 Å². The molecule has 0 N–H and O–H groups in total. The third-order valence-corrected chi connectivity index (χ3v) is 5.97. The van der Waals surface area contributed by atoms with E-state index in [1.165, 1.54) is 13.2 Å². The Labute approximate surface area is 175 Å². The van der Waals surface area contributed by atoms with Crippen molar-refractivity contribution in [3.05, 3.63) is 65.5 Å². The summed E-state index contributed by atoms with van der Waals surface area (Å²) in [6, 6.07) is 14.0. The summed E-state index contributed by atoms with van der Waals surface area (Å²) in [5.74, 6) is -0.698. The van der Waals surface area contributed by atoms with E-state index in [4.69, 9.17) is 4.74 Å². The van der Waals surface area contributed by atoms with Crippen molar-refractivity contribution < 1.29 is 18.7 Å². The zero-order chi connectivity index (χ0) is 21.1. The van der Waals surface area contributed by atoms with Gasteiger partial charge in [0.25, 0.3) is 0 Å². The van der Waals surface area contributed by atoms with Crippen LogP contribution in [0.2, 0.25) is 0 Å². The lowest BCUT2D eigenvalue weighted by molar-refractivity contribution is -0.154. The summed E-state index contributed by atoms with van der Waals surface area (Å²) >= 11 is 0. The maximum absolute atomic E-state index is 14.0. The number of ether oxygens (including phenoxy) is 1. The quantitative estimate of drug-likeness (QED) is 0.721. The lowest BCUT2D eigenvalue weighted by Crippen LogP contribution is -2.54. The van der Waals surface area contributed by atoms with Gasteiger partial charge in [-0.2, -0.15) is 0 Å². The second-order valence-corrected chi connectivity index (χ2v) is 7.75. The van der Waals surface area contributed by atoms with Crippen LogP contribution in [0.3, 0.4) is 0 Å². The van der Waals surface area contributed by atoms with Crippen LogP contribution in [0.1, 0.15) is 11.1 Å². The van der Waals surface area contributed by atoms with E-state index >= 15 is 0 Å². The normalized spacial score (nSPS) is 19.3. The van der Waals surface area contributed by atoms with Gasteiger partial charge in [0.15, 0.2) is 0 Å². The van der Waals surface area contributed by atoms with E-state index in [9.17, 15) is 14.0 Å². The molecule has 0 saturated carbocycles. The molecule has 0 radical (unpaired) electrons. The van der Waals surface area contributed by atoms with Gasteiger partial charge in [0, 0.05) is 39.1 Å². The van der Waals surface area contributed by atoms with Crippen LogP contribution >= 0.6 is 0 Å². The fourth-order valence-corrected chi connectivity index (χ4v) is 4.27. The topological polar surface area (TPSA) is 53.1 Å². The molecule has 2 aliphatic rings. The van der Waals surface area contributed by atoms with Crippen molar-refractivity contribution in [1.82, 2.24) is 9.80 Å². The second-order valence-electron chi connectivity index (χ2n) is 7.75. The molecule has 1 fully saturated rings. The van der Waals surface area contributed by atoms with Crippen molar-refractivity contribution in [3.8, 4) is 0 Å². The average Bonchev–Trinajstić information content (AvgIpc) is 2.78. The maximum atomic E-state index is 14.0. The van der Waals surface area contributed by atoms with Gasteiger partial charge in [-0.3, -0.25) is 9.69 Å². The number of para-hydroxylation sites is 1. The van der Waals surface area contributed by atoms with E-state index in [0.717, 1.165) is 11.1 Å². The van der Waals surface area contributed by atoms with Crippen LogP contribution < -0.4 is 4.90 Å². The number of amides is 1. The fourth-order valence-electron chi connectivity index (χ4n) is 4.27. The first kappa shape index (κ1) is 20.3. The first-order chi connectivity index (χ1) is 14.6. The number of nitrogens with zero attached hydrogens (tertiary/aromatic N) is 3. The molecule has 1 atom stereocenters. The van der Waals surface area contributed by atoms with E-state index in [2.05, 4.69) is 4.90 Å². The molecular formula is C23H26FN3O3. The number of benzene rings is 2. The van der Waals surface area contributed by atoms with E-state index < -0.39 is 6.04 Å². The molecule has 1 amide bonds. The smallest absolute Gasteiger partial charge is 0.328 e. The molecule has 7 heteroatoms. The third kappa shape index (κ3) is 4.16. The summed E-state index contributed by atoms with van der Waals surface area (Å²) < 4.78 is 19.0. The number of carbonyl (C=O) groups excluding carboxylic acids is 2. The molecule has 0 bridgehead atoms. The molecule has 2 heterocycles. The predicted molar refractivity (Wildman–Crippen MR) is 112 cm³/mol. The van der Waals surface area contributed by atoms with Gasteiger partial charge in [-0.05, 0) is 23.3 Å². The molecular weight excluding hydrogens is 385 g/mol. The number of esters is 1. The molecule has 0 aromatic heterocycles. The minimum Gasteiger partial charge on any atom is -0.467 e. The zero-order valence-electron chi connectivity index (χ0n) is 17.1. The van der Waals surface area contributed by atoms with Gasteiger partial charge in [0.05, 0.1) is 19.3 Å². The van der Waals surface area contributed by atoms with Crippen LogP contribution in [-0.4, -0.2) is 67.6 Å². The van der Waals surface area contributed by atoms with Crippen LogP contribution in [0.25, 0.3) is 0 Å². The van der Waals surface area contributed by atoms with Gasteiger partial charge < -0.3 is 14.5 Å². The lowest BCUT2D eigenvalue weighted by atomic mass is 9.94. The number of hydrogen-bond donors (Lipinski definition) is 0. The Hall–Kier alpha value is -2.93. The number of piperazine rings is 1. The molecule has 0 spiro atoms. The first-order valence-electron chi connectivity index (χ1n) is 10.2. The Morgan fingerprint density at radius 2 is 1.67 bits per heavy atom. The highest BCUT2D eigenvalue weighted by atomic mass is 19.1. The Kier molecular flexibility index (Phi) is 5.99. The van der Waals surface area contributed by atoms with Crippen molar-refractivity contribution in [3.63, 3.8) is 0 Å². The van der Waals surface area contributed by atoms with Crippen LogP contribution in [0.5, 0.6) is 0 Å². The molecule has 4 rings (SSSR count). The monoisotopic (exact) mass is 411 g/mol. The van der Waals surface area contributed by atoms with E-state index in [1.54, 1.807) is 17.0 Å². The van der Waals surface area contributed by atoms with Gasteiger partial charge in [0.2, 0.25) is 5.91 Å². The Morgan fingerprint density at radius 3 is 2.37 bits per heavy atom. The minimum atomic E-state index is -0.600. The van der Waals surface area contributed by atoms with E-state index in [1.807, 2.05) is 35.2 Å². The van der Waals surface area contributed by atoms with Crippen molar-refractivity contribution in [2.45, 2.75) is 19.0 Å². The van der Waals surface area contributed by atoms with Crippen LogP contribution in [0, 0.1) is 5.82 Å². The largest absolute Gasteiger partial charge is 0.467 e. The molecule has 2 aliphatic heterocycles. The van der Waals surface area contributed by atoms with Crippen molar-refractivity contribution >= 4 is 17.6 Å². The lowest BCUT2D eigenvalue weighted by Gasteiger charge is -2.39. The number of halogens is 1. The third-order valence-electron chi connectivity index (χ3n) is 5.97. The summed E-state index contributed by atoms with van der Waals surface area (Å²) in [6.45, 7) is 3.26. The Balaban J connectivity index is 1.40. The second kappa shape index (κ2) is 8.83. The van der Waals surface area contributed by atoms with Crippen LogP contribution in [0.4, 0.5) is 10.1 Å². The minimum absolute atomic E-state index is 0.0840. The standard InChI is InChI=1S/C23H26FN3O3/c1-30-23(29)21-14-17-6-2-3-7-18(17)15-27(21)22(28)16-25-10-12-26(13-11-25)20-9-5-4-8-19(20)24/h2-9,21H,10-16H2,1H3. The van der Waals surface area contributed by atoms with Gasteiger partial charge in [-0.1, -0.05) is 36.4 Å². The summed E-state index contributed by atoms with van der Waals surface area (Å²) in [7, 11) is 1.35. The predicted octanol–water partition coefficient (Wildman–Crippen LogP) is 2.07. The molecule has 30 heavy (non-hydrogen) atoms. The number of fused-ring (bicyclic) bond motifs is 1. The molecule has 6 nitrogen and oxygen atoms in total. The summed E-state index contributed by atoms with van der Waals surface area (Å²) in [4.78, 5) is 31.2. The van der Waals surface area contributed by atoms with Crippen molar-refractivity contribution in [2.75, 3.05) is 44.7 Å². The number of rotatable bonds is 4. The Bertz CT molecular complexity index is 927. The Morgan fingerprint density at radius 1 is 1.00 bits per heavy atom. The molecule has 0 aliphatic carbocycles. The highest BCUT2D eigenvalue weighted by Gasteiger charge is 2.36. The van der Waals surface area contributed by atoms with Gasteiger partial charge in [-0.15, -0.1) is 0 Å². The maximum Gasteiger partial charge on any atom is 0.328 e. The SMILES string of the molecule is COC(=O)C1Cc2ccccc2CN1C(=O)CN1CCN(c2ccccc2F)CC1. The van der Waals surface area contributed by atoms with Gasteiger partial charge >= 0.3 is 5.97 Å². The first-order valence-corrected chi connectivity index (χ1v) is 10.2. The van der Waals surface area contributed by atoms with Crippen LogP contribution in [0.15, 0.2) is 48.5 Å². The molecule has 2 aromatic carbocycles. The number of methoxy groups -OCH3 is 1. The molecule has 1 saturated heterocycles. The van der Waals surface area contributed by atoms with Crippen molar-refractivity contribution in [2.24, 2.45) is 0 Å². The van der Waals surface area contributed by atoms with Crippen molar-refractivity contribution in [1.29, 1.82) is 0 Å². The molecule has 1 unspecified atom stereocenters. The molecule has 158 valence electrons. The summed E-state index contributed by atoms with van der Waals surface area (Å²) in [6.07, 6.45) is 0.468. The average molecular weight is 411 g/mol. The summed E-state index contributed by atoms with van der Waals surface area (Å²) in [5.41, 5.74) is 2.74. The zero-order valence-corrected chi connectivity index (χ0v) is 17.1. The van der Waals surface area contributed by atoms with E-state index in [-0.39, 0.29) is 24.2 Å². The number of anilines is 1. The highest BCUT2D eigenvalue weighted by molar-refractivity contribution is 5.86. The fraction of sp³-hybridized carbons (Fsp3) is 0.391. The molecule has 2 aromatic rings. The highest BCUT2D eigenvalue weighted by Crippen LogP contribution is 2.25. The van der Waals surface area contributed by atoms with Gasteiger partial charge in [-0.25, -0.2) is 9.18 Å². The summed E-state index contributed by atoms with van der Waals surface area (Å²) in [5, 5.41) is 0. The number of hydrogen-bond acceptors (Lipinski definition) is 5.